The molecule has 3 amide bonds. The monoisotopic (exact) mass is 431 g/mol. The van der Waals surface area contributed by atoms with Gasteiger partial charge in [0.1, 0.15) is 6.04 Å². The summed E-state index contributed by atoms with van der Waals surface area (Å²) in [4.78, 5) is 53.9. The minimum Gasteiger partial charge on any atom is -0.340 e. The van der Waals surface area contributed by atoms with Gasteiger partial charge in [0.05, 0.1) is 11.3 Å². The van der Waals surface area contributed by atoms with Crippen molar-refractivity contribution in [3.8, 4) is 0 Å². The molecular formula is C23H21N5O4. The molecule has 0 aliphatic carbocycles. The molecular weight excluding hydrogens is 410 g/mol. The Morgan fingerprint density at radius 1 is 1.12 bits per heavy atom. The van der Waals surface area contributed by atoms with Gasteiger partial charge < -0.3 is 20.5 Å². The van der Waals surface area contributed by atoms with E-state index in [2.05, 4.69) is 20.9 Å². The van der Waals surface area contributed by atoms with Gasteiger partial charge in [-0.3, -0.25) is 19.2 Å². The molecule has 1 aliphatic rings. The van der Waals surface area contributed by atoms with Crippen LogP contribution in [0.5, 0.6) is 0 Å². The standard InChI is InChI=1S/C23H21N5O4/c1-28-12-11-24-21(28)20(30)14-5-4-6-15(13-14)25-19(29)10-9-18-23(32)26-17-8-3-2-7-16(17)22(31)27-18/h2-8,11-13,18H,9-10H2,1H3,(H,25,29)(H,26,32)(H,27,31)/t18-/m1/s1. The summed E-state index contributed by atoms with van der Waals surface area (Å²) in [5.41, 5.74) is 1.67. The van der Waals surface area contributed by atoms with E-state index >= 15 is 0 Å². The number of para-hydroxylation sites is 1. The Balaban J connectivity index is 1.37. The smallest absolute Gasteiger partial charge is 0.254 e. The Morgan fingerprint density at radius 3 is 2.72 bits per heavy atom. The van der Waals surface area contributed by atoms with Gasteiger partial charge in [-0.2, -0.15) is 0 Å². The zero-order valence-corrected chi connectivity index (χ0v) is 17.3. The summed E-state index contributed by atoms with van der Waals surface area (Å²) in [7, 11) is 1.73. The Morgan fingerprint density at radius 2 is 1.94 bits per heavy atom. The molecule has 0 bridgehead atoms. The molecule has 2 heterocycles. The second-order valence-electron chi connectivity index (χ2n) is 7.42. The maximum Gasteiger partial charge on any atom is 0.254 e. The number of ketones is 1. The van der Waals surface area contributed by atoms with Crippen molar-refractivity contribution >= 4 is 34.9 Å². The third-order valence-electron chi connectivity index (χ3n) is 5.14. The Hall–Kier alpha value is -4.27. The quantitative estimate of drug-likeness (QED) is 0.516. The fourth-order valence-corrected chi connectivity index (χ4v) is 3.47. The topological polar surface area (TPSA) is 122 Å². The van der Waals surface area contributed by atoms with Crippen molar-refractivity contribution in [2.45, 2.75) is 18.9 Å². The van der Waals surface area contributed by atoms with Gasteiger partial charge in [0.25, 0.3) is 5.91 Å². The number of carbonyl (C=O) groups excluding carboxylic acids is 4. The van der Waals surface area contributed by atoms with Crippen LogP contribution in [0.4, 0.5) is 11.4 Å². The minimum atomic E-state index is -0.836. The first kappa shape index (κ1) is 21.0. The van der Waals surface area contributed by atoms with Crippen molar-refractivity contribution in [1.29, 1.82) is 0 Å². The van der Waals surface area contributed by atoms with Crippen LogP contribution in [0.15, 0.2) is 60.9 Å². The van der Waals surface area contributed by atoms with Crippen molar-refractivity contribution in [3.05, 3.63) is 77.9 Å². The highest BCUT2D eigenvalue weighted by Gasteiger charge is 2.27. The van der Waals surface area contributed by atoms with Crippen molar-refractivity contribution < 1.29 is 19.2 Å². The summed E-state index contributed by atoms with van der Waals surface area (Å²) >= 11 is 0. The number of aromatic nitrogens is 2. The van der Waals surface area contributed by atoms with Crippen LogP contribution in [0.2, 0.25) is 0 Å². The van der Waals surface area contributed by atoms with E-state index in [1.807, 2.05) is 0 Å². The van der Waals surface area contributed by atoms with Gasteiger partial charge >= 0.3 is 0 Å². The fraction of sp³-hybridized carbons (Fsp3) is 0.174. The summed E-state index contributed by atoms with van der Waals surface area (Å²) in [6.45, 7) is 0. The number of anilines is 2. The van der Waals surface area contributed by atoms with Crippen LogP contribution in [0.1, 0.15) is 39.4 Å². The van der Waals surface area contributed by atoms with Crippen LogP contribution < -0.4 is 16.0 Å². The number of benzene rings is 2. The fourth-order valence-electron chi connectivity index (χ4n) is 3.47. The maximum atomic E-state index is 12.6. The van der Waals surface area contributed by atoms with Crippen molar-refractivity contribution in [2.24, 2.45) is 7.05 Å². The number of carbonyl (C=O) groups is 4. The summed E-state index contributed by atoms with van der Waals surface area (Å²) in [6, 6.07) is 12.4. The molecule has 2 aromatic carbocycles. The molecule has 0 radical (unpaired) electrons. The number of nitrogens with one attached hydrogen (secondary N) is 3. The van der Waals surface area contributed by atoms with Crippen LogP contribution in [-0.2, 0) is 16.6 Å². The molecule has 3 N–H and O–H groups in total. The largest absolute Gasteiger partial charge is 0.340 e. The summed E-state index contributed by atoms with van der Waals surface area (Å²) in [6.07, 6.45) is 3.36. The molecule has 9 nitrogen and oxygen atoms in total. The molecule has 1 atom stereocenters. The second-order valence-corrected chi connectivity index (χ2v) is 7.42. The highest BCUT2D eigenvalue weighted by atomic mass is 16.2. The number of aryl methyl sites for hydroxylation is 1. The molecule has 1 aromatic heterocycles. The Bertz CT molecular complexity index is 1220. The molecule has 0 unspecified atom stereocenters. The van der Waals surface area contributed by atoms with Crippen LogP contribution in [0.3, 0.4) is 0 Å². The van der Waals surface area contributed by atoms with E-state index in [1.165, 1.54) is 0 Å². The summed E-state index contributed by atoms with van der Waals surface area (Å²) < 4.78 is 1.62. The number of rotatable bonds is 6. The van der Waals surface area contributed by atoms with Crippen LogP contribution in [0, 0.1) is 0 Å². The number of hydrogen-bond acceptors (Lipinski definition) is 5. The molecule has 32 heavy (non-hydrogen) atoms. The van der Waals surface area contributed by atoms with Crippen molar-refractivity contribution in [1.82, 2.24) is 14.9 Å². The normalized spacial score (nSPS) is 15.2. The van der Waals surface area contributed by atoms with Crippen LogP contribution in [0.25, 0.3) is 0 Å². The first-order chi connectivity index (χ1) is 15.4. The van der Waals surface area contributed by atoms with E-state index in [1.54, 1.807) is 72.5 Å². The van der Waals surface area contributed by atoms with Crippen LogP contribution in [-0.4, -0.2) is 39.1 Å². The lowest BCUT2D eigenvalue weighted by Crippen LogP contribution is -2.41. The van der Waals surface area contributed by atoms with Gasteiger partial charge in [0, 0.05) is 37.1 Å². The van der Waals surface area contributed by atoms with Crippen molar-refractivity contribution in [2.75, 3.05) is 10.6 Å². The van der Waals surface area contributed by atoms with Gasteiger partial charge in [-0.15, -0.1) is 0 Å². The lowest BCUT2D eigenvalue weighted by Gasteiger charge is -2.14. The van der Waals surface area contributed by atoms with Gasteiger partial charge in [0.2, 0.25) is 17.6 Å². The molecule has 162 valence electrons. The highest BCUT2D eigenvalue weighted by molar-refractivity contribution is 6.10. The number of nitrogens with zero attached hydrogens (tertiary/aromatic N) is 2. The van der Waals surface area contributed by atoms with Crippen LogP contribution >= 0.6 is 0 Å². The van der Waals surface area contributed by atoms with E-state index in [0.29, 0.717) is 28.3 Å². The third-order valence-corrected chi connectivity index (χ3v) is 5.14. The first-order valence-corrected chi connectivity index (χ1v) is 10.0. The second kappa shape index (κ2) is 8.84. The Kier molecular flexibility index (Phi) is 5.80. The lowest BCUT2D eigenvalue weighted by atomic mass is 10.1. The van der Waals surface area contributed by atoms with Gasteiger partial charge in [-0.25, -0.2) is 4.98 Å². The van der Waals surface area contributed by atoms with E-state index in [-0.39, 0.29) is 36.3 Å². The highest BCUT2D eigenvalue weighted by Crippen LogP contribution is 2.20. The number of hydrogen-bond donors (Lipinski definition) is 3. The predicted molar refractivity (Wildman–Crippen MR) is 117 cm³/mol. The number of imidazole rings is 1. The molecule has 4 rings (SSSR count). The number of fused-ring (bicyclic) bond motifs is 1. The summed E-state index contributed by atoms with van der Waals surface area (Å²) in [5, 5.41) is 8.11. The van der Waals surface area contributed by atoms with E-state index in [4.69, 9.17) is 0 Å². The van der Waals surface area contributed by atoms with Gasteiger partial charge in [-0.05, 0) is 30.7 Å². The first-order valence-electron chi connectivity index (χ1n) is 10.0. The maximum absolute atomic E-state index is 12.6. The van der Waals surface area contributed by atoms with E-state index in [0.717, 1.165) is 0 Å². The molecule has 0 saturated heterocycles. The molecule has 0 saturated carbocycles. The lowest BCUT2D eigenvalue weighted by molar-refractivity contribution is -0.118. The molecule has 9 heteroatoms. The zero-order chi connectivity index (χ0) is 22.7. The number of amides is 3. The minimum absolute atomic E-state index is 0.00620. The van der Waals surface area contributed by atoms with E-state index < -0.39 is 6.04 Å². The van der Waals surface area contributed by atoms with Gasteiger partial charge in [0.15, 0.2) is 5.82 Å². The zero-order valence-electron chi connectivity index (χ0n) is 17.3. The predicted octanol–water partition coefficient (Wildman–Crippen LogP) is 2.12. The average Bonchev–Trinajstić information content (AvgIpc) is 3.17. The average molecular weight is 431 g/mol. The third kappa shape index (κ3) is 4.41. The molecule has 1 aliphatic heterocycles. The van der Waals surface area contributed by atoms with Gasteiger partial charge in [-0.1, -0.05) is 24.3 Å². The molecule has 0 fully saturated rings. The summed E-state index contributed by atoms with van der Waals surface area (Å²) in [5.74, 6) is -1.05. The molecule has 0 spiro atoms. The van der Waals surface area contributed by atoms with E-state index in [9.17, 15) is 19.2 Å². The van der Waals surface area contributed by atoms with Crippen molar-refractivity contribution in [3.63, 3.8) is 0 Å². The molecule has 3 aromatic rings. The SMILES string of the molecule is Cn1ccnc1C(=O)c1cccc(NC(=O)CC[C@H]2NC(=O)c3ccccc3NC2=O)c1. The Labute approximate surface area is 183 Å².